The highest BCUT2D eigenvalue weighted by atomic mass is 35.5. The van der Waals surface area contributed by atoms with E-state index in [4.69, 9.17) is 59.8 Å². The Hall–Kier alpha value is -11.7. The van der Waals surface area contributed by atoms with Gasteiger partial charge in [-0.25, -0.2) is 9.59 Å². The van der Waals surface area contributed by atoms with Crippen LogP contribution in [0.1, 0.15) is 114 Å². The maximum absolute atomic E-state index is 14.2. The number of methoxy groups -OCH3 is 1. The number of esters is 1. The van der Waals surface area contributed by atoms with Crippen LogP contribution in [-0.2, 0) is 64.2 Å². The van der Waals surface area contributed by atoms with Crippen molar-refractivity contribution >= 4 is 116 Å². The Balaban J connectivity index is 0.000000198. The number of carboxylic acids is 1. The van der Waals surface area contributed by atoms with Crippen molar-refractivity contribution in [1.82, 2.24) is 23.8 Å². The first kappa shape index (κ1) is 94.1. The lowest BCUT2D eigenvalue weighted by atomic mass is 9.87. The summed E-state index contributed by atoms with van der Waals surface area (Å²) in [5, 5.41) is 21.3. The maximum atomic E-state index is 14.2. The number of allylic oxidation sites excluding steroid dienone is 3. The van der Waals surface area contributed by atoms with Crippen molar-refractivity contribution in [3.05, 3.63) is 246 Å². The van der Waals surface area contributed by atoms with Crippen LogP contribution in [-0.4, -0.2) is 123 Å². The van der Waals surface area contributed by atoms with Crippen molar-refractivity contribution in [2.45, 2.75) is 98.3 Å². The van der Waals surface area contributed by atoms with Crippen molar-refractivity contribution in [2.75, 3.05) is 26.7 Å². The number of aromatic carboxylic acids is 1. The van der Waals surface area contributed by atoms with Gasteiger partial charge < -0.3 is 53.9 Å². The van der Waals surface area contributed by atoms with Gasteiger partial charge in [0.05, 0.1) is 75.2 Å². The number of carbonyl (C=O) groups excluding carboxylic acids is 4. The molecule has 0 saturated carbocycles. The number of hydrogen-bond acceptors (Lipinski definition) is 13. The van der Waals surface area contributed by atoms with Gasteiger partial charge in [0.1, 0.15) is 13.1 Å². The normalized spacial score (nSPS) is 17.8. The van der Waals surface area contributed by atoms with Gasteiger partial charge in [-0.05, 0) is 164 Å². The number of amides is 2. The number of halogens is 27. The number of nitrogens with zero attached hydrogens (tertiary/aromatic N) is 6. The van der Waals surface area contributed by atoms with Crippen molar-refractivity contribution in [1.29, 1.82) is 0 Å². The SMILES string of the molecule is COC(=O)c1ccc(/C=C/C2=NOC(c3cc(Cl)cc(C(F)(F)F)c3)(C(F)(F)F)C2)n2cccc12.NCC(=O)NCC(F)(F)F.O=C(CCC(=O)c1ccc(/C=C/C2=NOC(c3cc(Cl)cc(C(F)(F)F)c3)(C(F)(F)F)C2)n2cccc12)NCC(F)(F)F.O=C(O)c1ccc(/C=C/C2=NOC(c3cc(Cl)cc(C(F)(F)F)c3)(C(F)(F)F)C2)n2cccc12. The number of Topliss-reactive ketones (excluding diaryl/α,β-unsaturated/α-hetero) is 1. The third-order valence-electron chi connectivity index (χ3n) is 17.9. The molecular formula is C76H54Cl3F24N9O10. The van der Waals surface area contributed by atoms with Crippen molar-refractivity contribution in [3.63, 3.8) is 0 Å². The molecule has 5 N–H and O–H groups in total. The number of ether oxygens (including phenoxy) is 1. The fourth-order valence-corrected chi connectivity index (χ4v) is 12.8. The number of oxime groups is 3. The van der Waals surface area contributed by atoms with Gasteiger partial charge in [0.15, 0.2) is 5.78 Å². The van der Waals surface area contributed by atoms with Crippen LogP contribution in [0.2, 0.25) is 15.1 Å². The van der Waals surface area contributed by atoms with Crippen molar-refractivity contribution in [2.24, 2.45) is 21.2 Å². The number of hydrogen-bond donors (Lipinski definition) is 4. The summed E-state index contributed by atoms with van der Waals surface area (Å²) < 4.78 is 326. The first-order valence-corrected chi connectivity index (χ1v) is 35.3. The predicted octanol–water partition coefficient (Wildman–Crippen LogP) is 20.3. The molecule has 9 heterocycles. The second-order valence-electron chi connectivity index (χ2n) is 26.2. The van der Waals surface area contributed by atoms with Crippen LogP contribution in [0.15, 0.2) is 180 Å². The van der Waals surface area contributed by atoms with Gasteiger partial charge in [-0.15, -0.1) is 0 Å². The van der Waals surface area contributed by atoms with Crippen LogP contribution in [0, 0.1) is 0 Å². The minimum absolute atomic E-state index is 0.0289. The van der Waals surface area contributed by atoms with Gasteiger partial charge >= 0.3 is 61.3 Å². The molecule has 652 valence electrons. The van der Waals surface area contributed by atoms with Crippen LogP contribution in [0.3, 0.4) is 0 Å². The summed E-state index contributed by atoms with van der Waals surface area (Å²) in [5.74, 6) is -4.02. The highest BCUT2D eigenvalue weighted by Crippen LogP contribution is 2.53. The van der Waals surface area contributed by atoms with E-state index in [-0.39, 0.29) is 40.2 Å². The number of benzene rings is 3. The molecule has 3 aromatic carbocycles. The first-order chi connectivity index (χ1) is 56.5. The zero-order valence-electron chi connectivity index (χ0n) is 61.1. The number of ketones is 1. The first-order valence-electron chi connectivity index (χ1n) is 34.2. The van der Waals surface area contributed by atoms with E-state index in [1.165, 1.54) is 95.0 Å². The molecule has 0 fully saturated rings. The van der Waals surface area contributed by atoms with E-state index >= 15 is 0 Å². The Morgan fingerprint density at radius 1 is 0.443 bits per heavy atom. The summed E-state index contributed by atoms with van der Waals surface area (Å²) in [5.41, 5.74) is -9.06. The zero-order valence-corrected chi connectivity index (χ0v) is 63.3. The Labute approximate surface area is 683 Å². The van der Waals surface area contributed by atoms with Crippen molar-refractivity contribution < 1.29 is 154 Å². The molecule has 3 unspecified atom stereocenters. The van der Waals surface area contributed by atoms with Crippen LogP contribution in [0.4, 0.5) is 105 Å². The Morgan fingerprint density at radius 2 is 0.754 bits per heavy atom. The summed E-state index contributed by atoms with van der Waals surface area (Å²) in [6.07, 6.45) is -30.2. The molecule has 19 nitrogen and oxygen atoms in total. The van der Waals surface area contributed by atoms with Gasteiger partial charge in [-0.3, -0.25) is 14.4 Å². The summed E-state index contributed by atoms with van der Waals surface area (Å²) in [6.45, 7) is -3.27. The summed E-state index contributed by atoms with van der Waals surface area (Å²) in [4.78, 5) is 72.0. The molecule has 0 spiro atoms. The van der Waals surface area contributed by atoms with Gasteiger partial charge in [0.25, 0.3) is 16.8 Å². The van der Waals surface area contributed by atoms with Gasteiger partial charge in [-0.1, -0.05) is 50.3 Å². The van der Waals surface area contributed by atoms with Gasteiger partial charge in [-0.2, -0.15) is 105 Å². The average molecular weight is 1820 g/mol. The molecule has 122 heavy (non-hydrogen) atoms. The third kappa shape index (κ3) is 22.1. The number of aromatic nitrogens is 3. The standard InChI is InChI=1S/C27H19ClF9N3O3.C23H15ClF6N2O3.C22H13ClF6N2O3.C4H7F3N2O/c28-17-11-15(10-16(12-17)26(32,33)34)24(27(35,36)37)13-18(39-43-24)3-4-19-5-6-20(21-2-1-9-40(19)21)22(41)7-8-23(42)38-14-25(29,30)31;1-34-20(33)18-7-6-17(32-8-2-3-19(18)32)5-4-16-12-21(35-31-16,23(28,29)30)13-9-14(22(25,26)27)11-15(24)10-13;23-14-9-12(8-13(10-14)21(24,25)26)20(22(27,28)29)11-15(30-34-20)3-4-16-5-6-17(19(32)33)18-2-1-7-31(16)18;5-4(6,7)2-9-3(10)1-8/h1-6,9-12H,7-8,13-14H2,(H,38,42);2-11H,12H2,1H3;1-10H,11H2,(H,32,33);1-2,8H2,(H,9,10)/b4-3+;5-4+;4-3+;. The predicted molar refractivity (Wildman–Crippen MR) is 390 cm³/mol. The molecule has 6 aromatic heterocycles. The lowest BCUT2D eigenvalue weighted by Gasteiger charge is -2.30. The number of rotatable bonds is 18. The molecule has 2 amide bonds. The van der Waals surface area contributed by atoms with E-state index in [0.717, 1.165) is 18.2 Å². The monoisotopic (exact) mass is 1810 g/mol. The van der Waals surface area contributed by atoms with Crippen molar-refractivity contribution in [3.8, 4) is 0 Å². The average Bonchev–Trinajstić information content (AvgIpc) is 1.56. The minimum atomic E-state index is -5.18. The summed E-state index contributed by atoms with van der Waals surface area (Å²) in [7, 11) is 1.23. The Bertz CT molecular complexity index is 5640. The Morgan fingerprint density at radius 3 is 1.06 bits per heavy atom. The molecule has 0 bridgehead atoms. The lowest BCUT2D eigenvalue weighted by molar-refractivity contribution is -0.276. The third-order valence-corrected chi connectivity index (χ3v) is 18.5. The highest BCUT2D eigenvalue weighted by Gasteiger charge is 2.65. The molecule has 0 aliphatic carbocycles. The zero-order chi connectivity index (χ0) is 90.5. The van der Waals surface area contributed by atoms with Crippen LogP contribution in [0.5, 0.6) is 0 Å². The molecule has 0 radical (unpaired) electrons. The maximum Gasteiger partial charge on any atom is 0.435 e. The Kier molecular flexibility index (Phi) is 27.9. The number of pyridine rings is 3. The van der Waals surface area contributed by atoms with E-state index in [2.05, 4.69) is 15.5 Å². The molecule has 12 rings (SSSR count). The molecule has 3 aliphatic heterocycles. The molecule has 9 aromatic rings. The fourth-order valence-electron chi connectivity index (χ4n) is 12.1. The topological polar surface area (TPSA) is 243 Å². The molecule has 3 aliphatic rings. The second-order valence-corrected chi connectivity index (χ2v) is 27.5. The number of carboxylic acid groups (broad SMARTS) is 1. The fraction of sp³-hybridized carbons (Fsp3) is 0.263. The smallest absolute Gasteiger partial charge is 0.435 e. The van der Waals surface area contributed by atoms with E-state index in [1.807, 2.05) is 0 Å². The highest BCUT2D eigenvalue weighted by molar-refractivity contribution is 6.31. The lowest BCUT2D eigenvalue weighted by Crippen LogP contribution is -2.42. The van der Waals surface area contributed by atoms with E-state index in [0.29, 0.717) is 70.0 Å². The summed E-state index contributed by atoms with van der Waals surface area (Å²) >= 11 is 17.1. The second kappa shape index (κ2) is 36.1. The number of fused-ring (bicyclic) bond motifs is 3. The molecule has 46 heteroatoms. The molecule has 3 atom stereocenters. The van der Waals surface area contributed by atoms with Gasteiger partial charge in [0.2, 0.25) is 11.8 Å². The van der Waals surface area contributed by atoms with Crippen LogP contribution >= 0.6 is 34.8 Å². The number of nitrogens with two attached hydrogens (primary N) is 1. The largest absolute Gasteiger partial charge is 0.478 e. The minimum Gasteiger partial charge on any atom is -0.478 e. The van der Waals surface area contributed by atoms with E-state index in [1.54, 1.807) is 63.8 Å². The van der Waals surface area contributed by atoms with E-state index in [9.17, 15) is 134 Å². The quantitative estimate of drug-likeness (QED) is 0.0358. The number of alkyl halides is 24. The van der Waals surface area contributed by atoms with Crippen LogP contribution in [0.25, 0.3) is 34.8 Å². The number of carbonyl (C=O) groups is 5. The summed E-state index contributed by atoms with van der Waals surface area (Å²) in [6, 6.07) is 23.1. The molecular weight excluding hydrogens is 1760 g/mol. The molecule has 0 saturated heterocycles. The number of nitrogens with one attached hydrogen (secondary N) is 2. The van der Waals surface area contributed by atoms with Crippen LogP contribution < -0.4 is 16.4 Å². The van der Waals surface area contributed by atoms with E-state index < -0.39 is 190 Å². The van der Waals surface area contributed by atoms with Gasteiger partial charge in [0, 0.05) is 105 Å².